The van der Waals surface area contributed by atoms with Crippen molar-refractivity contribution < 1.29 is 9.59 Å². The molecular formula is C24H35N5O2S. The van der Waals surface area contributed by atoms with E-state index < -0.39 is 0 Å². The zero-order valence-electron chi connectivity index (χ0n) is 19.7. The zero-order chi connectivity index (χ0) is 23.3. The first kappa shape index (κ1) is 24.3. The second-order valence-electron chi connectivity index (χ2n) is 9.19. The minimum absolute atomic E-state index is 0.0337. The Kier molecular flexibility index (Phi) is 8.34. The summed E-state index contributed by atoms with van der Waals surface area (Å²) in [7, 11) is 1.88. The molecule has 0 radical (unpaired) electrons. The van der Waals surface area contributed by atoms with E-state index in [0.717, 1.165) is 12.0 Å². The fourth-order valence-electron chi connectivity index (χ4n) is 4.09. The van der Waals surface area contributed by atoms with Crippen LogP contribution in [0.4, 0.5) is 0 Å². The van der Waals surface area contributed by atoms with Crippen LogP contribution in [0.3, 0.4) is 0 Å². The summed E-state index contributed by atoms with van der Waals surface area (Å²) in [5, 5.41) is 15.6. The maximum atomic E-state index is 12.8. The quantitative estimate of drug-likeness (QED) is 0.584. The third kappa shape index (κ3) is 6.12. The van der Waals surface area contributed by atoms with Crippen molar-refractivity contribution in [3.63, 3.8) is 0 Å². The molecule has 174 valence electrons. The lowest BCUT2D eigenvalue weighted by Gasteiger charge is -2.29. The van der Waals surface area contributed by atoms with Gasteiger partial charge >= 0.3 is 0 Å². The third-order valence-electron chi connectivity index (χ3n) is 6.20. The normalized spacial score (nSPS) is 19.6. The SMILES string of the molecule is Cc1ccc(C(=O)NC(c2nnc(SCC(=O)NC3CCCCC3C)n2C)C(C)C)cc1. The summed E-state index contributed by atoms with van der Waals surface area (Å²) >= 11 is 1.38. The summed E-state index contributed by atoms with van der Waals surface area (Å²) in [4.78, 5) is 25.2. The molecule has 0 aliphatic heterocycles. The number of rotatable bonds is 8. The molecule has 2 amide bonds. The molecule has 0 spiro atoms. The molecule has 0 saturated heterocycles. The smallest absolute Gasteiger partial charge is 0.251 e. The van der Waals surface area contributed by atoms with Gasteiger partial charge in [0.2, 0.25) is 5.91 Å². The minimum Gasteiger partial charge on any atom is -0.352 e. The summed E-state index contributed by atoms with van der Waals surface area (Å²) < 4.78 is 1.88. The predicted molar refractivity (Wildman–Crippen MR) is 128 cm³/mol. The van der Waals surface area contributed by atoms with Gasteiger partial charge in [-0.3, -0.25) is 9.59 Å². The van der Waals surface area contributed by atoms with Gasteiger partial charge in [0, 0.05) is 18.7 Å². The minimum atomic E-state index is -0.285. The number of aromatic nitrogens is 3. The molecule has 2 aromatic rings. The van der Waals surface area contributed by atoms with Crippen molar-refractivity contribution in [1.82, 2.24) is 25.4 Å². The van der Waals surface area contributed by atoms with E-state index in [1.54, 1.807) is 0 Å². The van der Waals surface area contributed by atoms with Gasteiger partial charge in [0.15, 0.2) is 11.0 Å². The standard InChI is InChI=1S/C24H35N5O2S/c1-15(2)21(26-23(31)18-12-10-16(3)11-13-18)22-27-28-24(29(22)5)32-14-20(30)25-19-9-7-6-8-17(19)4/h10-13,15,17,19,21H,6-9,14H2,1-5H3,(H,25,30)(H,26,31). The molecular weight excluding hydrogens is 422 g/mol. The first-order chi connectivity index (χ1) is 15.3. The fourth-order valence-corrected chi connectivity index (χ4v) is 4.82. The largest absolute Gasteiger partial charge is 0.352 e. The molecule has 1 heterocycles. The molecule has 1 fully saturated rings. The summed E-state index contributed by atoms with van der Waals surface area (Å²) in [6.07, 6.45) is 4.67. The Hall–Kier alpha value is -2.35. The fraction of sp³-hybridized carbons (Fsp3) is 0.583. The molecule has 3 atom stereocenters. The molecule has 0 bridgehead atoms. The summed E-state index contributed by atoms with van der Waals surface area (Å²) in [6.45, 7) is 8.29. The van der Waals surface area contributed by atoms with Crippen LogP contribution in [0, 0.1) is 18.8 Å². The number of carbonyl (C=O) groups excluding carboxylic acids is 2. The topological polar surface area (TPSA) is 88.9 Å². The van der Waals surface area contributed by atoms with Gasteiger partial charge in [-0.25, -0.2) is 0 Å². The van der Waals surface area contributed by atoms with Gasteiger partial charge in [-0.1, -0.05) is 63.1 Å². The van der Waals surface area contributed by atoms with E-state index >= 15 is 0 Å². The van der Waals surface area contributed by atoms with Crippen LogP contribution in [0.25, 0.3) is 0 Å². The summed E-state index contributed by atoms with van der Waals surface area (Å²) in [5.41, 5.74) is 1.73. The van der Waals surface area contributed by atoms with E-state index in [4.69, 9.17) is 0 Å². The monoisotopic (exact) mass is 457 g/mol. The van der Waals surface area contributed by atoms with Crippen molar-refractivity contribution in [3.05, 3.63) is 41.2 Å². The number of thioether (sulfide) groups is 1. The third-order valence-corrected chi connectivity index (χ3v) is 7.22. The van der Waals surface area contributed by atoms with E-state index in [9.17, 15) is 9.59 Å². The van der Waals surface area contributed by atoms with Crippen molar-refractivity contribution in [1.29, 1.82) is 0 Å². The van der Waals surface area contributed by atoms with E-state index in [1.165, 1.54) is 31.0 Å². The average molecular weight is 458 g/mol. The van der Waals surface area contributed by atoms with E-state index in [-0.39, 0.29) is 29.8 Å². The number of aryl methyl sites for hydroxylation is 1. The van der Waals surface area contributed by atoms with Gasteiger partial charge in [0.25, 0.3) is 5.91 Å². The zero-order valence-corrected chi connectivity index (χ0v) is 20.5. The Morgan fingerprint density at radius 3 is 2.50 bits per heavy atom. The Bertz CT molecular complexity index is 925. The molecule has 1 aromatic carbocycles. The number of hydrogen-bond acceptors (Lipinski definition) is 5. The van der Waals surface area contributed by atoms with Crippen LogP contribution in [0.2, 0.25) is 0 Å². The Morgan fingerprint density at radius 1 is 1.16 bits per heavy atom. The number of amides is 2. The summed E-state index contributed by atoms with van der Waals surface area (Å²) in [6, 6.07) is 7.49. The molecule has 3 unspecified atom stereocenters. The van der Waals surface area contributed by atoms with Gasteiger partial charge in [0.1, 0.15) is 0 Å². The number of nitrogens with one attached hydrogen (secondary N) is 2. The van der Waals surface area contributed by atoms with Crippen molar-refractivity contribution >= 4 is 23.6 Å². The first-order valence-electron chi connectivity index (χ1n) is 11.4. The van der Waals surface area contributed by atoms with Crippen molar-refractivity contribution in [2.24, 2.45) is 18.9 Å². The lowest BCUT2D eigenvalue weighted by Crippen LogP contribution is -2.41. The Morgan fingerprint density at radius 2 is 1.84 bits per heavy atom. The van der Waals surface area contributed by atoms with Gasteiger partial charge in [-0.2, -0.15) is 0 Å². The van der Waals surface area contributed by atoms with Crippen LogP contribution in [0.1, 0.15) is 74.2 Å². The second-order valence-corrected chi connectivity index (χ2v) is 10.1. The van der Waals surface area contributed by atoms with Crippen LogP contribution < -0.4 is 10.6 Å². The van der Waals surface area contributed by atoms with Crippen LogP contribution in [-0.2, 0) is 11.8 Å². The highest BCUT2D eigenvalue weighted by atomic mass is 32.2. The highest BCUT2D eigenvalue weighted by Crippen LogP contribution is 2.26. The molecule has 1 aliphatic rings. The number of hydrogen-bond donors (Lipinski definition) is 2. The Labute approximate surface area is 195 Å². The highest BCUT2D eigenvalue weighted by Gasteiger charge is 2.26. The van der Waals surface area contributed by atoms with Gasteiger partial charge in [-0.15, -0.1) is 10.2 Å². The van der Waals surface area contributed by atoms with E-state index in [1.807, 2.05) is 56.7 Å². The number of nitrogens with zero attached hydrogens (tertiary/aromatic N) is 3. The highest BCUT2D eigenvalue weighted by molar-refractivity contribution is 7.99. The molecule has 1 saturated carbocycles. The van der Waals surface area contributed by atoms with Gasteiger partial charge in [-0.05, 0) is 43.7 Å². The molecule has 32 heavy (non-hydrogen) atoms. The molecule has 1 aromatic heterocycles. The lowest BCUT2D eigenvalue weighted by atomic mass is 9.86. The molecule has 8 heteroatoms. The van der Waals surface area contributed by atoms with Crippen molar-refractivity contribution in [3.8, 4) is 0 Å². The predicted octanol–water partition coefficient (Wildman–Crippen LogP) is 4.04. The van der Waals surface area contributed by atoms with Crippen LogP contribution in [0.15, 0.2) is 29.4 Å². The lowest BCUT2D eigenvalue weighted by molar-refractivity contribution is -0.119. The molecule has 3 rings (SSSR count). The first-order valence-corrected chi connectivity index (χ1v) is 12.4. The van der Waals surface area contributed by atoms with Crippen LogP contribution in [0.5, 0.6) is 0 Å². The average Bonchev–Trinajstić information content (AvgIpc) is 3.12. The maximum Gasteiger partial charge on any atom is 0.251 e. The van der Waals surface area contributed by atoms with Crippen LogP contribution in [-0.4, -0.2) is 38.4 Å². The van der Waals surface area contributed by atoms with Crippen molar-refractivity contribution in [2.45, 2.75) is 70.6 Å². The molecule has 1 aliphatic carbocycles. The molecule has 2 N–H and O–H groups in total. The van der Waals surface area contributed by atoms with E-state index in [2.05, 4.69) is 27.8 Å². The number of carbonyl (C=O) groups is 2. The second kappa shape index (κ2) is 11.0. The summed E-state index contributed by atoms with van der Waals surface area (Å²) in [5.74, 6) is 1.54. The van der Waals surface area contributed by atoms with E-state index in [0.29, 0.717) is 28.2 Å². The van der Waals surface area contributed by atoms with Crippen LogP contribution >= 0.6 is 11.8 Å². The molecule has 7 nitrogen and oxygen atoms in total. The van der Waals surface area contributed by atoms with Gasteiger partial charge in [0.05, 0.1) is 11.8 Å². The van der Waals surface area contributed by atoms with Gasteiger partial charge < -0.3 is 15.2 Å². The maximum absolute atomic E-state index is 12.8. The van der Waals surface area contributed by atoms with Crippen molar-refractivity contribution in [2.75, 3.05) is 5.75 Å². The number of benzene rings is 1. The Balaban J connectivity index is 1.62.